The van der Waals surface area contributed by atoms with Crippen LogP contribution in [-0.4, -0.2) is 31.8 Å². The van der Waals surface area contributed by atoms with Gasteiger partial charge in [0.1, 0.15) is 5.75 Å². The minimum absolute atomic E-state index is 0.000810. The zero-order valence-electron chi connectivity index (χ0n) is 11.5. The fourth-order valence-corrected chi connectivity index (χ4v) is 1.52. The summed E-state index contributed by atoms with van der Waals surface area (Å²) in [5.74, 6) is 0.500. The van der Waals surface area contributed by atoms with Crippen molar-refractivity contribution in [3.8, 4) is 5.75 Å². The minimum atomic E-state index is -0.158. The Kier molecular flexibility index (Phi) is 6.92. The maximum Gasteiger partial charge on any atom is 0.258 e. The quantitative estimate of drug-likeness (QED) is 0.738. The van der Waals surface area contributed by atoms with Gasteiger partial charge in [0.25, 0.3) is 5.91 Å². The highest BCUT2D eigenvalue weighted by Crippen LogP contribution is 2.11. The van der Waals surface area contributed by atoms with Gasteiger partial charge in [-0.2, -0.15) is 0 Å². The van der Waals surface area contributed by atoms with E-state index in [0.717, 1.165) is 5.56 Å². The van der Waals surface area contributed by atoms with E-state index in [4.69, 9.17) is 15.2 Å². The molecule has 1 amide bonds. The van der Waals surface area contributed by atoms with Crippen molar-refractivity contribution in [2.24, 2.45) is 5.73 Å². The molecule has 0 fully saturated rings. The zero-order chi connectivity index (χ0) is 14.1. The first-order valence-electron chi connectivity index (χ1n) is 6.45. The minimum Gasteiger partial charge on any atom is -0.484 e. The monoisotopic (exact) mass is 266 g/mol. The van der Waals surface area contributed by atoms with Gasteiger partial charge in [-0.1, -0.05) is 12.1 Å². The number of hydrogen-bond acceptors (Lipinski definition) is 4. The molecule has 1 atom stereocenters. The lowest BCUT2D eigenvalue weighted by Crippen LogP contribution is -2.35. The van der Waals surface area contributed by atoms with Gasteiger partial charge in [0.05, 0.1) is 6.10 Å². The molecule has 5 nitrogen and oxygen atoms in total. The molecule has 0 radical (unpaired) electrons. The van der Waals surface area contributed by atoms with E-state index in [-0.39, 0.29) is 18.6 Å². The van der Waals surface area contributed by atoms with Gasteiger partial charge in [-0.3, -0.25) is 4.79 Å². The molecule has 106 valence electrons. The van der Waals surface area contributed by atoms with Crippen LogP contribution in [0.4, 0.5) is 0 Å². The number of nitrogens with one attached hydrogen (secondary N) is 1. The van der Waals surface area contributed by atoms with Crippen LogP contribution < -0.4 is 15.8 Å². The van der Waals surface area contributed by atoms with Gasteiger partial charge in [0.15, 0.2) is 6.61 Å². The van der Waals surface area contributed by atoms with Gasteiger partial charge in [0.2, 0.25) is 0 Å². The molecule has 0 aromatic heterocycles. The molecule has 0 saturated heterocycles. The predicted octanol–water partition coefficient (Wildman–Crippen LogP) is 1.07. The average Bonchev–Trinajstić information content (AvgIpc) is 2.44. The molecule has 0 aliphatic rings. The maximum atomic E-state index is 11.5. The van der Waals surface area contributed by atoms with E-state index in [2.05, 4.69) is 5.32 Å². The summed E-state index contributed by atoms with van der Waals surface area (Å²) in [6.45, 7) is 5.46. The standard InChI is InChI=1S/C14H22N2O3/c1-3-18-11(2)9-16-14(17)10-19-13-6-4-12(8-15)5-7-13/h4-7,11H,3,8-10,15H2,1-2H3,(H,16,17). The molecule has 1 rings (SSSR count). The van der Waals surface area contributed by atoms with E-state index >= 15 is 0 Å². The average molecular weight is 266 g/mol. The molecule has 0 spiro atoms. The molecular formula is C14H22N2O3. The van der Waals surface area contributed by atoms with Crippen molar-refractivity contribution in [1.82, 2.24) is 5.32 Å². The summed E-state index contributed by atoms with van der Waals surface area (Å²) >= 11 is 0. The van der Waals surface area contributed by atoms with Crippen LogP contribution in [0.1, 0.15) is 19.4 Å². The molecule has 0 heterocycles. The molecule has 5 heteroatoms. The van der Waals surface area contributed by atoms with Gasteiger partial charge in [-0.15, -0.1) is 0 Å². The lowest BCUT2D eigenvalue weighted by molar-refractivity contribution is -0.123. The first kappa shape index (κ1) is 15.5. The predicted molar refractivity (Wildman–Crippen MR) is 73.9 cm³/mol. The highest BCUT2D eigenvalue weighted by molar-refractivity contribution is 5.77. The van der Waals surface area contributed by atoms with E-state index in [1.807, 2.05) is 26.0 Å². The fraction of sp³-hybridized carbons (Fsp3) is 0.500. The maximum absolute atomic E-state index is 11.5. The van der Waals surface area contributed by atoms with Crippen LogP contribution in [0.25, 0.3) is 0 Å². The molecular weight excluding hydrogens is 244 g/mol. The summed E-state index contributed by atoms with van der Waals surface area (Å²) in [7, 11) is 0. The van der Waals surface area contributed by atoms with Crippen LogP contribution in [0.15, 0.2) is 24.3 Å². The van der Waals surface area contributed by atoms with E-state index in [1.165, 1.54) is 0 Å². The Labute approximate surface area is 114 Å². The number of amides is 1. The highest BCUT2D eigenvalue weighted by Gasteiger charge is 2.06. The molecule has 1 aromatic rings. The largest absolute Gasteiger partial charge is 0.484 e. The molecule has 0 bridgehead atoms. The lowest BCUT2D eigenvalue weighted by atomic mass is 10.2. The van der Waals surface area contributed by atoms with Gasteiger partial charge >= 0.3 is 0 Å². The number of nitrogens with two attached hydrogens (primary N) is 1. The number of carbonyl (C=O) groups excluding carboxylic acids is 1. The number of carbonyl (C=O) groups is 1. The summed E-state index contributed by atoms with van der Waals surface area (Å²) in [6.07, 6.45) is 0.0118. The van der Waals surface area contributed by atoms with Crippen molar-refractivity contribution in [3.63, 3.8) is 0 Å². The Hall–Kier alpha value is -1.59. The second kappa shape index (κ2) is 8.50. The first-order valence-corrected chi connectivity index (χ1v) is 6.45. The first-order chi connectivity index (χ1) is 9.15. The van der Waals surface area contributed by atoms with Crippen molar-refractivity contribution in [2.75, 3.05) is 19.8 Å². The second-order valence-corrected chi connectivity index (χ2v) is 4.21. The smallest absolute Gasteiger partial charge is 0.258 e. The van der Waals surface area contributed by atoms with Crippen molar-refractivity contribution >= 4 is 5.91 Å². The van der Waals surface area contributed by atoms with Gasteiger partial charge < -0.3 is 20.5 Å². The molecule has 0 aliphatic heterocycles. The summed E-state index contributed by atoms with van der Waals surface area (Å²) in [5, 5.41) is 2.75. The summed E-state index contributed by atoms with van der Waals surface area (Å²) < 4.78 is 10.7. The van der Waals surface area contributed by atoms with Crippen LogP contribution >= 0.6 is 0 Å². The van der Waals surface area contributed by atoms with Crippen LogP contribution in [-0.2, 0) is 16.1 Å². The van der Waals surface area contributed by atoms with Crippen LogP contribution in [0.3, 0.4) is 0 Å². The van der Waals surface area contributed by atoms with E-state index in [9.17, 15) is 4.79 Å². The van der Waals surface area contributed by atoms with Gasteiger partial charge in [-0.25, -0.2) is 0 Å². The van der Waals surface area contributed by atoms with Crippen LogP contribution in [0, 0.1) is 0 Å². The molecule has 0 aliphatic carbocycles. The lowest BCUT2D eigenvalue weighted by Gasteiger charge is -2.13. The third kappa shape index (κ3) is 6.22. The van der Waals surface area contributed by atoms with Crippen molar-refractivity contribution in [2.45, 2.75) is 26.5 Å². The Bertz CT molecular complexity index is 379. The zero-order valence-corrected chi connectivity index (χ0v) is 11.5. The second-order valence-electron chi connectivity index (χ2n) is 4.21. The Balaban J connectivity index is 2.25. The number of ether oxygens (including phenoxy) is 2. The summed E-state index contributed by atoms with van der Waals surface area (Å²) in [4.78, 5) is 11.5. The molecule has 1 unspecified atom stereocenters. The summed E-state index contributed by atoms with van der Waals surface area (Å²) in [6, 6.07) is 7.37. The highest BCUT2D eigenvalue weighted by atomic mass is 16.5. The van der Waals surface area contributed by atoms with E-state index in [1.54, 1.807) is 12.1 Å². The van der Waals surface area contributed by atoms with Crippen molar-refractivity contribution in [1.29, 1.82) is 0 Å². The number of hydrogen-bond donors (Lipinski definition) is 2. The fourth-order valence-electron chi connectivity index (χ4n) is 1.52. The van der Waals surface area contributed by atoms with E-state index < -0.39 is 0 Å². The Morgan fingerprint density at radius 3 is 2.63 bits per heavy atom. The number of benzene rings is 1. The normalized spacial score (nSPS) is 11.9. The molecule has 0 saturated carbocycles. The molecule has 1 aromatic carbocycles. The van der Waals surface area contributed by atoms with Gasteiger partial charge in [-0.05, 0) is 31.5 Å². The SMILES string of the molecule is CCOC(C)CNC(=O)COc1ccc(CN)cc1. The van der Waals surface area contributed by atoms with Crippen molar-refractivity contribution in [3.05, 3.63) is 29.8 Å². The Morgan fingerprint density at radius 2 is 2.05 bits per heavy atom. The molecule has 3 N–H and O–H groups in total. The summed E-state index contributed by atoms with van der Waals surface area (Å²) in [5.41, 5.74) is 6.53. The van der Waals surface area contributed by atoms with Crippen LogP contribution in [0.2, 0.25) is 0 Å². The van der Waals surface area contributed by atoms with Crippen LogP contribution in [0.5, 0.6) is 5.75 Å². The van der Waals surface area contributed by atoms with Crippen molar-refractivity contribution < 1.29 is 14.3 Å². The number of rotatable bonds is 8. The third-order valence-corrected chi connectivity index (χ3v) is 2.57. The molecule has 19 heavy (non-hydrogen) atoms. The Morgan fingerprint density at radius 1 is 1.37 bits per heavy atom. The topological polar surface area (TPSA) is 73.6 Å². The van der Waals surface area contributed by atoms with Gasteiger partial charge in [0, 0.05) is 19.7 Å². The van der Waals surface area contributed by atoms with E-state index in [0.29, 0.717) is 25.4 Å². The third-order valence-electron chi connectivity index (χ3n) is 2.57.